The van der Waals surface area contributed by atoms with Crippen molar-refractivity contribution in [3.8, 4) is 0 Å². The number of hydrogen-bond acceptors (Lipinski definition) is 9. The van der Waals surface area contributed by atoms with E-state index in [4.69, 9.17) is 28.5 Å². The van der Waals surface area contributed by atoms with E-state index >= 15 is 0 Å². The lowest BCUT2D eigenvalue weighted by molar-refractivity contribution is -0.0615. The molecule has 3 N–H and O–H groups in total. The number of ether oxygens (including phenoxy) is 1. The van der Waals surface area contributed by atoms with E-state index in [9.17, 15) is 5.11 Å². The number of aliphatic hydroxyl groups is 1. The van der Waals surface area contributed by atoms with Gasteiger partial charge in [0.1, 0.15) is 30.5 Å². The molecule has 0 aliphatic carbocycles. The Balaban J connectivity index is 1.80. The average molecular weight is 538 g/mol. The smallest absolute Gasteiger partial charge is 0.335 e. The molecule has 0 radical (unpaired) electrons. The monoisotopic (exact) mass is 537 g/mol. The first kappa shape index (κ1) is 27.6. The summed E-state index contributed by atoms with van der Waals surface area (Å²) in [5, 5.41) is 17.1. The minimum absolute atomic E-state index is 0.153. The molecule has 0 bridgehead atoms. The Morgan fingerprint density at radius 3 is 2.19 bits per heavy atom. The van der Waals surface area contributed by atoms with Crippen LogP contribution < -0.4 is 5.73 Å². The number of nitrogen functional groups attached to an aromatic ring is 1. The molecular weight excluding hydrogens is 494 g/mol. The molecule has 12 heteroatoms. The molecule has 0 spiro atoms. The molecular formula is C24H43N5O5Si2. The van der Waals surface area contributed by atoms with Gasteiger partial charge in [0.25, 0.3) is 0 Å². The molecule has 202 valence electrons. The van der Waals surface area contributed by atoms with E-state index in [1.807, 2.05) is 6.92 Å². The van der Waals surface area contributed by atoms with E-state index in [2.05, 4.69) is 65.4 Å². The molecule has 0 amide bonds. The Hall–Kier alpha value is -1.42. The van der Waals surface area contributed by atoms with Gasteiger partial charge in [-0.05, 0) is 28.6 Å². The summed E-state index contributed by atoms with van der Waals surface area (Å²) < 4.78 is 29.2. The van der Waals surface area contributed by atoms with Crippen LogP contribution in [0.1, 0.15) is 74.2 Å². The average Bonchev–Trinajstić information content (AvgIpc) is 3.31. The van der Waals surface area contributed by atoms with Gasteiger partial charge in [-0.1, -0.05) is 62.3 Å². The number of rotatable bonds is 6. The molecule has 4 atom stereocenters. The van der Waals surface area contributed by atoms with Gasteiger partial charge in [-0.2, -0.15) is 5.10 Å². The number of hydrogen-bond donors (Lipinski definition) is 2. The molecule has 10 nitrogen and oxygen atoms in total. The molecule has 0 saturated carbocycles. The lowest BCUT2D eigenvalue weighted by Crippen LogP contribution is -2.65. The van der Waals surface area contributed by atoms with Crippen LogP contribution in [0.15, 0.2) is 6.33 Å². The first-order valence-electron chi connectivity index (χ1n) is 13.2. The van der Waals surface area contributed by atoms with Gasteiger partial charge in [0.05, 0.1) is 17.7 Å². The standard InChI is InChI=1S/C24H43N5O5Si2/c1-10-17-19-22(25)26-12-27-23(19)29(28-17)24-20(30)21-18(32-24)11-31-35(13(2)3,14(4)5)34-36(33-21,15(6)7)16(8)9/h12-16,18,20-21,24,30H,10-11H2,1-9H3,(H2,25,26,27)/t18-,20+,21+,24+/m0/s1. The minimum Gasteiger partial charge on any atom is -0.414 e. The van der Waals surface area contributed by atoms with E-state index in [1.54, 1.807) is 4.68 Å². The normalized spacial score (nSPS) is 28.3. The van der Waals surface area contributed by atoms with Gasteiger partial charge < -0.3 is 28.5 Å². The van der Waals surface area contributed by atoms with Crippen LogP contribution in [0.2, 0.25) is 22.2 Å². The molecule has 36 heavy (non-hydrogen) atoms. The predicted molar refractivity (Wildman–Crippen MR) is 143 cm³/mol. The van der Waals surface area contributed by atoms with Crippen LogP contribution in [0.4, 0.5) is 5.82 Å². The van der Waals surface area contributed by atoms with Crippen LogP contribution >= 0.6 is 0 Å². The minimum atomic E-state index is -2.88. The Labute approximate surface area is 216 Å². The zero-order valence-electron chi connectivity index (χ0n) is 23.1. The van der Waals surface area contributed by atoms with Crippen molar-refractivity contribution in [2.75, 3.05) is 12.3 Å². The summed E-state index contributed by atoms with van der Waals surface area (Å²) in [5.41, 5.74) is 8.24. The zero-order valence-corrected chi connectivity index (χ0v) is 25.1. The predicted octanol–water partition coefficient (Wildman–Crippen LogP) is 4.19. The fraction of sp³-hybridized carbons (Fsp3) is 0.792. The quantitative estimate of drug-likeness (QED) is 0.522. The number of nitrogens with two attached hydrogens (primary N) is 1. The molecule has 2 aliphatic rings. The van der Waals surface area contributed by atoms with Crippen molar-refractivity contribution in [1.82, 2.24) is 19.7 Å². The van der Waals surface area contributed by atoms with Gasteiger partial charge >= 0.3 is 17.1 Å². The summed E-state index contributed by atoms with van der Waals surface area (Å²) in [5.74, 6) is 0.366. The van der Waals surface area contributed by atoms with Crippen LogP contribution in [0.3, 0.4) is 0 Å². The topological polar surface area (TPSA) is 127 Å². The van der Waals surface area contributed by atoms with Gasteiger partial charge in [0.2, 0.25) is 0 Å². The van der Waals surface area contributed by atoms with E-state index in [0.29, 0.717) is 29.9 Å². The largest absolute Gasteiger partial charge is 0.414 e. The number of fused-ring (bicyclic) bond motifs is 2. The van der Waals surface area contributed by atoms with Crippen LogP contribution in [-0.4, -0.2) is 66.9 Å². The van der Waals surface area contributed by atoms with Gasteiger partial charge in [-0.15, -0.1) is 0 Å². The first-order valence-corrected chi connectivity index (χ1v) is 17.2. The zero-order chi connectivity index (χ0) is 26.6. The molecule has 4 heterocycles. The molecule has 4 rings (SSSR count). The molecule has 0 aromatic carbocycles. The number of aryl methyl sites for hydroxylation is 1. The highest BCUT2D eigenvalue weighted by atomic mass is 28.5. The molecule has 2 fully saturated rings. The van der Waals surface area contributed by atoms with Crippen LogP contribution in [0, 0.1) is 0 Å². The van der Waals surface area contributed by atoms with E-state index in [0.717, 1.165) is 5.69 Å². The maximum absolute atomic E-state index is 11.6. The highest BCUT2D eigenvalue weighted by Gasteiger charge is 2.61. The van der Waals surface area contributed by atoms with Gasteiger partial charge in [-0.3, -0.25) is 0 Å². The van der Waals surface area contributed by atoms with Crippen molar-refractivity contribution in [2.45, 2.75) is 115 Å². The van der Waals surface area contributed by atoms with Gasteiger partial charge in [0.15, 0.2) is 11.9 Å². The lowest BCUT2D eigenvalue weighted by Gasteiger charge is -2.51. The summed E-state index contributed by atoms with van der Waals surface area (Å²) in [7, 11) is -5.58. The molecule has 2 aromatic rings. The molecule has 2 aromatic heterocycles. The highest BCUT2D eigenvalue weighted by Crippen LogP contribution is 2.48. The number of anilines is 1. The van der Waals surface area contributed by atoms with Crippen LogP contribution in [0.5, 0.6) is 0 Å². The lowest BCUT2D eigenvalue weighted by atomic mass is 10.1. The van der Waals surface area contributed by atoms with Crippen molar-refractivity contribution in [3.05, 3.63) is 12.0 Å². The fourth-order valence-electron chi connectivity index (χ4n) is 5.83. The Morgan fingerprint density at radius 2 is 1.64 bits per heavy atom. The SMILES string of the molecule is CCc1nn([C@@H]2O[C@H]3CO[Si](C(C)C)(C(C)C)O[Si](C(C)C)(C(C)C)O[C@H]3[C@H]2O)c2ncnc(N)c12. The van der Waals surface area contributed by atoms with Crippen molar-refractivity contribution in [3.63, 3.8) is 0 Å². The maximum atomic E-state index is 11.6. The maximum Gasteiger partial charge on any atom is 0.335 e. The second-order valence-electron chi connectivity index (χ2n) is 11.3. The van der Waals surface area contributed by atoms with Gasteiger partial charge in [0, 0.05) is 0 Å². The fourth-order valence-corrected chi connectivity index (χ4v) is 17.0. The first-order chi connectivity index (χ1) is 16.9. The number of aromatic nitrogens is 4. The second-order valence-corrected chi connectivity index (χ2v) is 20.2. The number of nitrogens with zero attached hydrogens (tertiary/aromatic N) is 4. The molecule has 2 aliphatic heterocycles. The molecule has 0 unspecified atom stereocenters. The third-order valence-electron chi connectivity index (χ3n) is 7.81. The van der Waals surface area contributed by atoms with Crippen molar-refractivity contribution in [1.29, 1.82) is 0 Å². The van der Waals surface area contributed by atoms with Crippen molar-refractivity contribution in [2.24, 2.45) is 0 Å². The van der Waals surface area contributed by atoms with Crippen LogP contribution in [0.25, 0.3) is 11.0 Å². The van der Waals surface area contributed by atoms with Crippen molar-refractivity contribution < 1.29 is 22.8 Å². The van der Waals surface area contributed by atoms with E-state index < -0.39 is 41.7 Å². The highest BCUT2D eigenvalue weighted by molar-refractivity contribution is 6.84. The summed E-state index contributed by atoms with van der Waals surface area (Å²) in [6.45, 7) is 19.7. The summed E-state index contributed by atoms with van der Waals surface area (Å²) in [4.78, 5) is 8.57. The second kappa shape index (κ2) is 10.0. The third kappa shape index (κ3) is 4.24. The van der Waals surface area contributed by atoms with Gasteiger partial charge in [-0.25, -0.2) is 14.6 Å². The Bertz CT molecular complexity index is 1060. The van der Waals surface area contributed by atoms with E-state index in [1.165, 1.54) is 6.33 Å². The van der Waals surface area contributed by atoms with E-state index in [-0.39, 0.29) is 22.2 Å². The number of aliphatic hydroxyl groups excluding tert-OH is 1. The summed E-state index contributed by atoms with van der Waals surface area (Å²) >= 11 is 0. The molecule has 2 saturated heterocycles. The third-order valence-corrected chi connectivity index (χ3v) is 18.1. The Kier molecular flexibility index (Phi) is 7.70. The Morgan fingerprint density at radius 1 is 1.03 bits per heavy atom. The van der Waals surface area contributed by atoms with Crippen LogP contribution in [-0.2, 0) is 24.1 Å². The summed E-state index contributed by atoms with van der Waals surface area (Å²) in [6.07, 6.45) is -0.791. The van der Waals surface area contributed by atoms with Crippen molar-refractivity contribution >= 4 is 34.0 Å². The summed E-state index contributed by atoms with van der Waals surface area (Å²) in [6, 6.07) is 0.